The van der Waals surface area contributed by atoms with Gasteiger partial charge in [-0.25, -0.2) is 4.79 Å². The highest BCUT2D eigenvalue weighted by atomic mass is 32.2. The van der Waals surface area contributed by atoms with Gasteiger partial charge in [0.25, 0.3) is 10.0 Å². The van der Waals surface area contributed by atoms with Crippen LogP contribution in [0.15, 0.2) is 82.9 Å². The Bertz CT molecular complexity index is 831. The normalized spacial score (nSPS) is 11.7. The minimum Gasteiger partial charge on any atom is -0.466 e. The van der Waals surface area contributed by atoms with Crippen LogP contribution in [0.3, 0.4) is 0 Å². The van der Waals surface area contributed by atoms with Crippen molar-refractivity contribution in [3.8, 4) is 0 Å². The van der Waals surface area contributed by atoms with Crippen molar-refractivity contribution in [1.29, 1.82) is 0 Å². The highest BCUT2D eigenvalue weighted by molar-refractivity contribution is 7.89. The quantitative estimate of drug-likeness (QED) is 0.349. The standard InChI is InChI=1S/C17H16N2O4S/c1-23-17(20)12-13-19(18-14-15-8-4-2-5-9-15)24(21,22)16-10-6-3-7-11-16/h2-14H,1H3/b13-12+,18-14+. The lowest BCUT2D eigenvalue weighted by Crippen LogP contribution is -2.21. The number of hydrogen-bond acceptors (Lipinski definition) is 5. The van der Waals surface area contributed by atoms with Crippen LogP contribution in [0.4, 0.5) is 0 Å². The lowest BCUT2D eigenvalue weighted by Gasteiger charge is -2.14. The Hall–Kier alpha value is -2.93. The first kappa shape index (κ1) is 17.4. The molecule has 2 rings (SSSR count). The van der Waals surface area contributed by atoms with Crippen LogP contribution in [0.1, 0.15) is 5.56 Å². The second kappa shape index (κ2) is 8.07. The molecule has 24 heavy (non-hydrogen) atoms. The molecule has 6 nitrogen and oxygen atoms in total. The third-order valence-electron chi connectivity index (χ3n) is 2.95. The van der Waals surface area contributed by atoms with Gasteiger partial charge < -0.3 is 4.74 Å². The lowest BCUT2D eigenvalue weighted by molar-refractivity contribution is -0.134. The molecule has 0 aliphatic heterocycles. The van der Waals surface area contributed by atoms with Gasteiger partial charge >= 0.3 is 5.97 Å². The van der Waals surface area contributed by atoms with E-state index in [1.807, 2.05) is 18.2 Å². The molecule has 0 bridgehead atoms. The van der Waals surface area contributed by atoms with Crippen LogP contribution >= 0.6 is 0 Å². The summed E-state index contributed by atoms with van der Waals surface area (Å²) in [5, 5.41) is 3.97. The fourth-order valence-electron chi connectivity index (χ4n) is 1.74. The summed E-state index contributed by atoms with van der Waals surface area (Å²) in [4.78, 5) is 11.3. The number of benzene rings is 2. The zero-order valence-electron chi connectivity index (χ0n) is 12.9. The fourth-order valence-corrected chi connectivity index (χ4v) is 2.85. The van der Waals surface area contributed by atoms with E-state index in [0.29, 0.717) is 0 Å². The molecule has 0 aromatic heterocycles. The zero-order valence-corrected chi connectivity index (χ0v) is 13.8. The molecule has 0 spiro atoms. The molecule has 0 aliphatic carbocycles. The van der Waals surface area contributed by atoms with E-state index in [9.17, 15) is 13.2 Å². The molecular formula is C17H16N2O4S. The van der Waals surface area contributed by atoms with E-state index < -0.39 is 16.0 Å². The van der Waals surface area contributed by atoms with E-state index in [-0.39, 0.29) is 4.90 Å². The molecule has 0 radical (unpaired) electrons. The molecular weight excluding hydrogens is 328 g/mol. The number of ether oxygens (including phenoxy) is 1. The highest BCUT2D eigenvalue weighted by Crippen LogP contribution is 2.16. The van der Waals surface area contributed by atoms with Crippen LogP contribution in [-0.2, 0) is 19.6 Å². The number of carbonyl (C=O) groups is 1. The number of hydrazone groups is 1. The summed E-state index contributed by atoms with van der Waals surface area (Å²) < 4.78 is 30.5. The Morgan fingerprint density at radius 2 is 1.62 bits per heavy atom. The molecule has 0 fully saturated rings. The molecule has 0 N–H and O–H groups in total. The van der Waals surface area contributed by atoms with Crippen molar-refractivity contribution in [1.82, 2.24) is 4.41 Å². The van der Waals surface area contributed by atoms with Crippen LogP contribution in [0.25, 0.3) is 0 Å². The topological polar surface area (TPSA) is 76.0 Å². The summed E-state index contributed by atoms with van der Waals surface area (Å²) in [7, 11) is -2.73. The predicted octanol–water partition coefficient (Wildman–Crippen LogP) is 2.40. The predicted molar refractivity (Wildman–Crippen MR) is 90.7 cm³/mol. The number of methoxy groups -OCH3 is 1. The van der Waals surface area contributed by atoms with Gasteiger partial charge in [0.1, 0.15) is 0 Å². The maximum absolute atomic E-state index is 12.7. The number of nitrogens with zero attached hydrogens (tertiary/aromatic N) is 2. The molecule has 7 heteroatoms. The number of esters is 1. The Kier molecular flexibility index (Phi) is 5.86. The SMILES string of the molecule is COC(=O)/C=C/N(/N=C/c1ccccc1)S(=O)(=O)c1ccccc1. The van der Waals surface area contributed by atoms with E-state index in [2.05, 4.69) is 9.84 Å². The zero-order chi connectivity index (χ0) is 17.4. The van der Waals surface area contributed by atoms with Crippen LogP contribution in [0.2, 0.25) is 0 Å². The van der Waals surface area contributed by atoms with E-state index in [0.717, 1.165) is 22.3 Å². The summed E-state index contributed by atoms with van der Waals surface area (Å²) in [6.45, 7) is 0. The van der Waals surface area contributed by atoms with Crippen molar-refractivity contribution in [2.24, 2.45) is 5.10 Å². The summed E-state index contributed by atoms with van der Waals surface area (Å²) >= 11 is 0. The van der Waals surface area contributed by atoms with Gasteiger partial charge in [0, 0.05) is 12.3 Å². The maximum atomic E-state index is 12.7. The molecule has 0 saturated heterocycles. The van der Waals surface area contributed by atoms with Crippen molar-refractivity contribution in [3.63, 3.8) is 0 Å². The Labute approximate surface area is 140 Å². The molecule has 2 aromatic carbocycles. The summed E-state index contributed by atoms with van der Waals surface area (Å²) in [6.07, 6.45) is 3.43. The van der Waals surface area contributed by atoms with Gasteiger partial charge in [-0.1, -0.05) is 48.5 Å². The second-order valence-electron chi connectivity index (χ2n) is 4.58. The highest BCUT2D eigenvalue weighted by Gasteiger charge is 2.20. The monoisotopic (exact) mass is 344 g/mol. The van der Waals surface area contributed by atoms with Gasteiger partial charge in [-0.2, -0.15) is 17.9 Å². The van der Waals surface area contributed by atoms with E-state index in [1.165, 1.54) is 25.5 Å². The number of sulfonamides is 1. The van der Waals surface area contributed by atoms with Crippen LogP contribution in [0, 0.1) is 0 Å². The van der Waals surface area contributed by atoms with Crippen molar-refractivity contribution >= 4 is 22.2 Å². The molecule has 0 atom stereocenters. The molecule has 0 unspecified atom stereocenters. The third kappa shape index (κ3) is 4.53. The van der Waals surface area contributed by atoms with Crippen LogP contribution < -0.4 is 0 Å². The first-order valence-electron chi connectivity index (χ1n) is 6.98. The fraction of sp³-hybridized carbons (Fsp3) is 0.0588. The number of hydrogen-bond donors (Lipinski definition) is 0. The summed E-state index contributed by atoms with van der Waals surface area (Å²) in [5.41, 5.74) is 0.720. The van der Waals surface area contributed by atoms with Crippen molar-refractivity contribution in [3.05, 3.63) is 78.5 Å². The van der Waals surface area contributed by atoms with Crippen molar-refractivity contribution < 1.29 is 17.9 Å². The number of carbonyl (C=O) groups excluding carboxylic acids is 1. The van der Waals surface area contributed by atoms with Gasteiger partial charge in [-0.15, -0.1) is 0 Å². The Balaban J connectivity index is 2.37. The van der Waals surface area contributed by atoms with Crippen molar-refractivity contribution in [2.45, 2.75) is 4.90 Å². The first-order valence-corrected chi connectivity index (χ1v) is 8.43. The largest absolute Gasteiger partial charge is 0.466 e. The first-order chi connectivity index (χ1) is 11.5. The molecule has 0 aliphatic rings. The van der Waals surface area contributed by atoms with E-state index in [4.69, 9.17) is 0 Å². The van der Waals surface area contributed by atoms with Gasteiger partial charge in [0.15, 0.2) is 0 Å². The summed E-state index contributed by atoms with van der Waals surface area (Å²) in [6, 6.07) is 16.8. The number of rotatable bonds is 6. The molecule has 0 heterocycles. The molecule has 0 amide bonds. The maximum Gasteiger partial charge on any atom is 0.332 e. The van der Waals surface area contributed by atoms with Crippen molar-refractivity contribution in [2.75, 3.05) is 7.11 Å². The Morgan fingerprint density at radius 3 is 2.21 bits per heavy atom. The minimum atomic E-state index is -3.93. The lowest BCUT2D eigenvalue weighted by atomic mass is 10.2. The Morgan fingerprint density at radius 1 is 1.04 bits per heavy atom. The average molecular weight is 344 g/mol. The van der Waals surface area contributed by atoms with Crippen LogP contribution in [0.5, 0.6) is 0 Å². The minimum absolute atomic E-state index is 0.0599. The smallest absolute Gasteiger partial charge is 0.332 e. The second-order valence-corrected chi connectivity index (χ2v) is 6.38. The molecule has 2 aromatic rings. The van der Waals surface area contributed by atoms with E-state index in [1.54, 1.807) is 30.3 Å². The van der Waals surface area contributed by atoms with Gasteiger partial charge in [0.05, 0.1) is 18.2 Å². The average Bonchev–Trinajstić information content (AvgIpc) is 2.62. The summed E-state index contributed by atoms with van der Waals surface area (Å²) in [5.74, 6) is -0.682. The third-order valence-corrected chi connectivity index (χ3v) is 4.52. The van der Waals surface area contributed by atoms with Gasteiger partial charge in [-0.05, 0) is 17.7 Å². The molecule has 0 saturated carbocycles. The van der Waals surface area contributed by atoms with E-state index >= 15 is 0 Å². The van der Waals surface area contributed by atoms with Gasteiger partial charge in [-0.3, -0.25) is 0 Å². The molecule has 124 valence electrons. The van der Waals surface area contributed by atoms with Gasteiger partial charge in [0.2, 0.25) is 0 Å². The van der Waals surface area contributed by atoms with Crippen LogP contribution in [-0.4, -0.2) is 32.1 Å².